The van der Waals surface area contributed by atoms with Crippen LogP contribution in [0.2, 0.25) is 0 Å². The van der Waals surface area contributed by atoms with Gasteiger partial charge in [0, 0.05) is 6.42 Å². The molecule has 6 nitrogen and oxygen atoms in total. The largest absolute Gasteiger partial charge is 0.493 e. The van der Waals surface area contributed by atoms with Crippen LogP contribution in [0, 0.1) is 6.92 Å². The van der Waals surface area contributed by atoms with Crippen LogP contribution in [-0.2, 0) is 0 Å². The van der Waals surface area contributed by atoms with E-state index in [9.17, 15) is 4.79 Å². The molecule has 172 valence electrons. The molecule has 0 saturated carbocycles. The number of para-hydroxylation sites is 2. The highest BCUT2D eigenvalue weighted by molar-refractivity contribution is 7.15. The Bertz CT molecular complexity index is 1550. The number of thiazole rings is 1. The van der Waals surface area contributed by atoms with E-state index in [0.717, 1.165) is 28.8 Å². The Labute approximate surface area is 200 Å². The van der Waals surface area contributed by atoms with E-state index in [1.54, 1.807) is 11.5 Å². The predicted molar refractivity (Wildman–Crippen MR) is 135 cm³/mol. The molecule has 2 heterocycles. The van der Waals surface area contributed by atoms with Crippen molar-refractivity contribution in [3.05, 3.63) is 92.7 Å². The molecule has 7 heteroatoms. The molecule has 3 aromatic carbocycles. The van der Waals surface area contributed by atoms with Crippen LogP contribution in [0.4, 0.5) is 0 Å². The minimum absolute atomic E-state index is 0.0680. The molecule has 0 aliphatic carbocycles. The second-order valence-electron chi connectivity index (χ2n) is 7.91. The van der Waals surface area contributed by atoms with E-state index in [0.29, 0.717) is 34.2 Å². The monoisotopic (exact) mass is 472 g/mol. The molecule has 34 heavy (non-hydrogen) atoms. The lowest BCUT2D eigenvalue weighted by molar-refractivity contribution is 0.240. The summed E-state index contributed by atoms with van der Waals surface area (Å²) in [4.78, 5) is 18.2. The van der Waals surface area contributed by atoms with Crippen LogP contribution in [0.5, 0.6) is 17.2 Å². The standard InChI is InChI=1S/C27H24N2O4S/c1-18-8-11-20(12-9-18)32-14-5-15-33-23-13-10-19(16-24(23)31-2)17-25-26(30)29-22-7-4-3-6-21(22)28-27(29)34-25/h3-4,6-13,16-17H,5,14-15H2,1-2H3. The summed E-state index contributed by atoms with van der Waals surface area (Å²) in [5.74, 6) is 2.13. The fourth-order valence-electron chi connectivity index (χ4n) is 3.72. The summed E-state index contributed by atoms with van der Waals surface area (Å²) in [6.07, 6.45) is 2.60. The first-order chi connectivity index (χ1) is 16.6. The number of methoxy groups -OCH3 is 1. The maximum Gasteiger partial charge on any atom is 0.274 e. The van der Waals surface area contributed by atoms with Gasteiger partial charge in [0.2, 0.25) is 0 Å². The van der Waals surface area contributed by atoms with Gasteiger partial charge < -0.3 is 14.2 Å². The molecule has 0 unspecified atom stereocenters. The molecule has 0 saturated heterocycles. The first-order valence-corrected chi connectivity index (χ1v) is 11.9. The number of rotatable bonds is 8. The minimum Gasteiger partial charge on any atom is -0.493 e. The van der Waals surface area contributed by atoms with Gasteiger partial charge in [0.15, 0.2) is 16.5 Å². The number of hydrogen-bond acceptors (Lipinski definition) is 6. The van der Waals surface area contributed by atoms with Gasteiger partial charge in [0.1, 0.15) is 5.75 Å². The number of benzene rings is 3. The molecule has 0 bridgehead atoms. The highest BCUT2D eigenvalue weighted by atomic mass is 32.1. The molecule has 0 amide bonds. The number of imidazole rings is 1. The summed E-state index contributed by atoms with van der Waals surface area (Å²) < 4.78 is 19.5. The van der Waals surface area contributed by atoms with E-state index in [2.05, 4.69) is 4.98 Å². The number of aromatic nitrogens is 2. The summed E-state index contributed by atoms with van der Waals surface area (Å²) in [5.41, 5.74) is 3.65. The van der Waals surface area contributed by atoms with Gasteiger partial charge in [0.05, 0.1) is 35.9 Å². The third-order valence-electron chi connectivity index (χ3n) is 5.47. The molecule has 5 aromatic rings. The second kappa shape index (κ2) is 9.57. The lowest BCUT2D eigenvalue weighted by Crippen LogP contribution is -2.22. The molecule has 0 spiro atoms. The van der Waals surface area contributed by atoms with Crippen LogP contribution in [0.25, 0.3) is 22.1 Å². The second-order valence-corrected chi connectivity index (χ2v) is 8.92. The summed E-state index contributed by atoms with van der Waals surface area (Å²) in [6, 6.07) is 21.3. The average Bonchev–Trinajstić information content (AvgIpc) is 3.36. The number of nitrogens with zero attached hydrogens (tertiary/aromatic N) is 2. The maximum atomic E-state index is 13.0. The van der Waals surface area contributed by atoms with Gasteiger partial charge in [-0.3, -0.25) is 4.79 Å². The summed E-state index contributed by atoms with van der Waals surface area (Å²) in [6.45, 7) is 3.12. The highest BCUT2D eigenvalue weighted by Gasteiger charge is 2.11. The number of fused-ring (bicyclic) bond motifs is 3. The first kappa shape index (κ1) is 22.0. The van der Waals surface area contributed by atoms with Crippen LogP contribution in [-0.4, -0.2) is 29.7 Å². The van der Waals surface area contributed by atoms with Gasteiger partial charge in [-0.25, -0.2) is 9.38 Å². The Morgan fingerprint density at radius 2 is 1.76 bits per heavy atom. The Balaban J connectivity index is 1.28. The molecule has 0 aliphatic heterocycles. The highest BCUT2D eigenvalue weighted by Crippen LogP contribution is 2.28. The third kappa shape index (κ3) is 4.47. The summed E-state index contributed by atoms with van der Waals surface area (Å²) in [5, 5.41) is 0. The normalized spacial score (nSPS) is 11.9. The van der Waals surface area contributed by atoms with Crippen molar-refractivity contribution in [1.82, 2.24) is 9.38 Å². The van der Waals surface area contributed by atoms with E-state index < -0.39 is 0 Å². The van der Waals surface area contributed by atoms with Crippen molar-refractivity contribution in [2.24, 2.45) is 0 Å². The van der Waals surface area contributed by atoms with Gasteiger partial charge in [-0.2, -0.15) is 0 Å². The zero-order valence-electron chi connectivity index (χ0n) is 19.0. The topological polar surface area (TPSA) is 62.1 Å². The lowest BCUT2D eigenvalue weighted by atomic mass is 10.2. The number of aryl methyl sites for hydroxylation is 1. The van der Waals surface area contributed by atoms with E-state index in [1.807, 2.05) is 79.7 Å². The van der Waals surface area contributed by atoms with Crippen LogP contribution in [0.3, 0.4) is 0 Å². The quantitative estimate of drug-likeness (QED) is 0.308. The lowest BCUT2D eigenvalue weighted by Gasteiger charge is -2.12. The molecular formula is C27H24N2O4S. The summed E-state index contributed by atoms with van der Waals surface area (Å²) >= 11 is 1.38. The SMILES string of the molecule is COc1cc(C=c2sc3nc4ccccc4n3c2=O)ccc1OCCCOc1ccc(C)cc1. The molecule has 0 aliphatic rings. The van der Waals surface area contributed by atoms with Gasteiger partial charge in [0.25, 0.3) is 5.56 Å². The van der Waals surface area contributed by atoms with Crippen LogP contribution >= 0.6 is 11.3 Å². The number of ether oxygens (including phenoxy) is 3. The van der Waals surface area contributed by atoms with Crippen molar-refractivity contribution < 1.29 is 14.2 Å². The first-order valence-electron chi connectivity index (χ1n) is 11.0. The molecule has 0 N–H and O–H groups in total. The van der Waals surface area contributed by atoms with Gasteiger partial charge >= 0.3 is 0 Å². The van der Waals surface area contributed by atoms with Crippen molar-refractivity contribution in [1.29, 1.82) is 0 Å². The van der Waals surface area contributed by atoms with Crippen molar-refractivity contribution >= 4 is 33.4 Å². The Hall–Kier alpha value is -3.84. The predicted octanol–water partition coefficient (Wildman–Crippen LogP) is 4.62. The minimum atomic E-state index is -0.0680. The zero-order valence-corrected chi connectivity index (χ0v) is 19.8. The fourth-order valence-corrected chi connectivity index (χ4v) is 4.71. The Kier molecular flexibility index (Phi) is 6.18. The van der Waals surface area contributed by atoms with Gasteiger partial charge in [-0.1, -0.05) is 47.2 Å². The molecule has 2 aromatic heterocycles. The van der Waals surface area contributed by atoms with Crippen LogP contribution < -0.4 is 24.3 Å². The number of hydrogen-bond donors (Lipinski definition) is 0. The van der Waals surface area contributed by atoms with E-state index in [4.69, 9.17) is 14.2 Å². The molecule has 0 atom stereocenters. The fraction of sp³-hybridized carbons (Fsp3) is 0.185. The van der Waals surface area contributed by atoms with Crippen molar-refractivity contribution in [3.63, 3.8) is 0 Å². The van der Waals surface area contributed by atoms with E-state index >= 15 is 0 Å². The average molecular weight is 473 g/mol. The smallest absolute Gasteiger partial charge is 0.274 e. The van der Waals surface area contributed by atoms with Crippen molar-refractivity contribution in [2.75, 3.05) is 20.3 Å². The van der Waals surface area contributed by atoms with Crippen LogP contribution in [0.1, 0.15) is 17.5 Å². The van der Waals surface area contributed by atoms with E-state index in [1.165, 1.54) is 16.9 Å². The Morgan fingerprint density at radius 1 is 0.971 bits per heavy atom. The molecular weight excluding hydrogens is 448 g/mol. The van der Waals surface area contributed by atoms with Crippen molar-refractivity contribution in [3.8, 4) is 17.2 Å². The van der Waals surface area contributed by atoms with Gasteiger partial charge in [-0.05, 0) is 55.0 Å². The zero-order chi connectivity index (χ0) is 23.5. The van der Waals surface area contributed by atoms with E-state index in [-0.39, 0.29) is 5.56 Å². The molecule has 0 radical (unpaired) electrons. The summed E-state index contributed by atoms with van der Waals surface area (Å²) in [7, 11) is 1.61. The molecule has 0 fully saturated rings. The van der Waals surface area contributed by atoms with Crippen molar-refractivity contribution in [2.45, 2.75) is 13.3 Å². The van der Waals surface area contributed by atoms with Gasteiger partial charge in [-0.15, -0.1) is 0 Å². The van der Waals surface area contributed by atoms with Crippen LogP contribution in [0.15, 0.2) is 71.5 Å². The Morgan fingerprint density at radius 3 is 2.59 bits per heavy atom. The molecule has 5 rings (SSSR count). The third-order valence-corrected chi connectivity index (χ3v) is 6.44. The maximum absolute atomic E-state index is 13.0.